The number of pyridine rings is 1. The second kappa shape index (κ2) is 4.87. The van der Waals surface area contributed by atoms with Crippen LogP contribution in [0.1, 0.15) is 15.9 Å². The summed E-state index contributed by atoms with van der Waals surface area (Å²) in [5.74, 6) is 0.522. The molecule has 1 aromatic heterocycles. The van der Waals surface area contributed by atoms with Crippen LogP contribution in [-0.2, 0) is 0 Å². The topological polar surface area (TPSA) is 59.2 Å². The molecule has 1 aromatic carbocycles. The van der Waals surface area contributed by atoms with Crippen LogP contribution >= 0.6 is 0 Å². The molecule has 1 heterocycles. The molecule has 0 spiro atoms. The predicted octanol–water partition coefficient (Wildman–Crippen LogP) is 2.25. The largest absolute Gasteiger partial charge is 0.399 e. The third kappa shape index (κ3) is 2.32. The minimum atomic E-state index is -0.100. The molecule has 0 atom stereocenters. The second-order valence-electron chi connectivity index (χ2n) is 4.12. The van der Waals surface area contributed by atoms with E-state index >= 15 is 0 Å². The SMILES string of the molecule is Cc1cc(C(=O)N(C)c2ccccn2)ccc1N. The van der Waals surface area contributed by atoms with E-state index in [-0.39, 0.29) is 5.91 Å². The van der Waals surface area contributed by atoms with Crippen molar-refractivity contribution in [3.63, 3.8) is 0 Å². The van der Waals surface area contributed by atoms with Crippen LogP contribution < -0.4 is 10.6 Å². The van der Waals surface area contributed by atoms with E-state index in [1.807, 2.05) is 19.1 Å². The molecule has 0 fully saturated rings. The lowest BCUT2D eigenvalue weighted by molar-refractivity contribution is 0.0992. The number of nitrogen functional groups attached to an aromatic ring is 1. The Morgan fingerprint density at radius 2 is 2.06 bits per heavy atom. The van der Waals surface area contributed by atoms with E-state index in [9.17, 15) is 4.79 Å². The lowest BCUT2D eigenvalue weighted by Gasteiger charge is -2.16. The third-order valence-electron chi connectivity index (χ3n) is 2.81. The van der Waals surface area contributed by atoms with Crippen LogP contribution in [0.25, 0.3) is 0 Å². The normalized spacial score (nSPS) is 10.1. The molecule has 0 aliphatic carbocycles. The quantitative estimate of drug-likeness (QED) is 0.820. The summed E-state index contributed by atoms with van der Waals surface area (Å²) >= 11 is 0. The second-order valence-corrected chi connectivity index (χ2v) is 4.12. The maximum Gasteiger partial charge on any atom is 0.259 e. The average molecular weight is 241 g/mol. The smallest absolute Gasteiger partial charge is 0.259 e. The van der Waals surface area contributed by atoms with E-state index in [1.54, 1.807) is 37.5 Å². The van der Waals surface area contributed by atoms with Gasteiger partial charge in [-0.3, -0.25) is 9.69 Å². The maximum absolute atomic E-state index is 12.3. The third-order valence-corrected chi connectivity index (χ3v) is 2.81. The number of rotatable bonds is 2. The molecule has 1 amide bonds. The molecule has 92 valence electrons. The molecule has 0 aliphatic heterocycles. The van der Waals surface area contributed by atoms with Crippen LogP contribution in [0.4, 0.5) is 11.5 Å². The summed E-state index contributed by atoms with van der Waals surface area (Å²) in [5.41, 5.74) is 7.93. The van der Waals surface area contributed by atoms with Crippen molar-refractivity contribution < 1.29 is 4.79 Å². The van der Waals surface area contributed by atoms with Gasteiger partial charge in [0.15, 0.2) is 0 Å². The highest BCUT2D eigenvalue weighted by molar-refractivity contribution is 6.05. The molecule has 2 rings (SSSR count). The Balaban J connectivity index is 2.29. The zero-order valence-corrected chi connectivity index (χ0v) is 10.4. The van der Waals surface area contributed by atoms with Crippen LogP contribution in [0.15, 0.2) is 42.6 Å². The highest BCUT2D eigenvalue weighted by Crippen LogP contribution is 2.16. The van der Waals surface area contributed by atoms with Gasteiger partial charge in [-0.25, -0.2) is 4.98 Å². The molecule has 2 aromatic rings. The van der Waals surface area contributed by atoms with Crippen LogP contribution in [-0.4, -0.2) is 17.9 Å². The molecular formula is C14H15N3O. The summed E-state index contributed by atoms with van der Waals surface area (Å²) in [4.78, 5) is 17.9. The Bertz CT molecular complexity index is 567. The van der Waals surface area contributed by atoms with Crippen LogP contribution in [0.3, 0.4) is 0 Å². The molecule has 4 heteroatoms. The summed E-state index contributed by atoms with van der Waals surface area (Å²) in [5, 5.41) is 0. The number of amides is 1. The highest BCUT2D eigenvalue weighted by atomic mass is 16.2. The number of benzene rings is 1. The lowest BCUT2D eigenvalue weighted by atomic mass is 10.1. The van der Waals surface area contributed by atoms with Gasteiger partial charge in [0.25, 0.3) is 5.91 Å². The maximum atomic E-state index is 12.3. The number of nitrogens with two attached hydrogens (primary N) is 1. The molecule has 0 aliphatic rings. The number of anilines is 2. The molecule has 0 radical (unpaired) electrons. The molecule has 0 unspecified atom stereocenters. The first-order chi connectivity index (χ1) is 8.59. The Hall–Kier alpha value is -2.36. The van der Waals surface area contributed by atoms with Crippen molar-refractivity contribution in [3.05, 3.63) is 53.7 Å². The number of nitrogens with zero attached hydrogens (tertiary/aromatic N) is 2. The first-order valence-corrected chi connectivity index (χ1v) is 5.65. The number of carbonyl (C=O) groups is 1. The van der Waals surface area contributed by atoms with Gasteiger partial charge in [-0.2, -0.15) is 0 Å². The predicted molar refractivity (Wildman–Crippen MR) is 72.6 cm³/mol. The van der Waals surface area contributed by atoms with Crippen LogP contribution in [0.5, 0.6) is 0 Å². The molecule has 0 saturated carbocycles. The summed E-state index contributed by atoms with van der Waals surface area (Å²) in [6, 6.07) is 10.7. The van der Waals surface area contributed by atoms with Gasteiger partial charge < -0.3 is 5.73 Å². The van der Waals surface area contributed by atoms with Crippen molar-refractivity contribution in [2.24, 2.45) is 0 Å². The molecule has 0 saturated heterocycles. The van der Waals surface area contributed by atoms with Crippen molar-refractivity contribution in [3.8, 4) is 0 Å². The minimum Gasteiger partial charge on any atom is -0.399 e. The molecule has 0 bridgehead atoms. The summed E-state index contributed by atoms with van der Waals surface area (Å²) < 4.78 is 0. The Morgan fingerprint density at radius 3 is 2.67 bits per heavy atom. The lowest BCUT2D eigenvalue weighted by Crippen LogP contribution is -2.27. The Morgan fingerprint density at radius 1 is 1.28 bits per heavy atom. The summed E-state index contributed by atoms with van der Waals surface area (Å²) in [6.45, 7) is 1.88. The number of hydrogen-bond donors (Lipinski definition) is 1. The number of carbonyl (C=O) groups excluding carboxylic acids is 1. The fraction of sp³-hybridized carbons (Fsp3) is 0.143. The van der Waals surface area contributed by atoms with Gasteiger partial charge in [0.2, 0.25) is 0 Å². The van der Waals surface area contributed by atoms with Crippen molar-refractivity contribution >= 4 is 17.4 Å². The van der Waals surface area contributed by atoms with Crippen molar-refractivity contribution in [2.45, 2.75) is 6.92 Å². The van der Waals surface area contributed by atoms with E-state index in [1.165, 1.54) is 4.90 Å². The average Bonchev–Trinajstić information content (AvgIpc) is 2.41. The molecule has 4 nitrogen and oxygen atoms in total. The molecular weight excluding hydrogens is 226 g/mol. The number of aromatic nitrogens is 1. The van der Waals surface area contributed by atoms with Crippen molar-refractivity contribution in [1.29, 1.82) is 0 Å². The van der Waals surface area contributed by atoms with Crippen LogP contribution in [0.2, 0.25) is 0 Å². The van der Waals surface area contributed by atoms with E-state index in [4.69, 9.17) is 5.73 Å². The first kappa shape index (κ1) is 12.1. The van der Waals surface area contributed by atoms with Gasteiger partial charge in [-0.1, -0.05) is 6.07 Å². The zero-order chi connectivity index (χ0) is 13.1. The highest BCUT2D eigenvalue weighted by Gasteiger charge is 2.14. The Labute approximate surface area is 106 Å². The molecule has 18 heavy (non-hydrogen) atoms. The van der Waals surface area contributed by atoms with Gasteiger partial charge in [0.1, 0.15) is 5.82 Å². The van der Waals surface area contributed by atoms with Crippen molar-refractivity contribution in [2.75, 3.05) is 17.7 Å². The zero-order valence-electron chi connectivity index (χ0n) is 10.4. The monoisotopic (exact) mass is 241 g/mol. The van der Waals surface area contributed by atoms with Crippen molar-refractivity contribution in [1.82, 2.24) is 4.98 Å². The van der Waals surface area contributed by atoms with E-state index in [0.717, 1.165) is 5.56 Å². The van der Waals surface area contributed by atoms with Gasteiger partial charge >= 0.3 is 0 Å². The van der Waals surface area contributed by atoms with Gasteiger partial charge in [-0.15, -0.1) is 0 Å². The summed E-state index contributed by atoms with van der Waals surface area (Å²) in [7, 11) is 1.70. The van der Waals surface area contributed by atoms with E-state index in [0.29, 0.717) is 17.1 Å². The number of aryl methyl sites for hydroxylation is 1. The minimum absolute atomic E-state index is 0.100. The Kier molecular flexibility index (Phi) is 3.28. The van der Waals surface area contributed by atoms with Gasteiger partial charge in [0.05, 0.1) is 0 Å². The summed E-state index contributed by atoms with van der Waals surface area (Å²) in [6.07, 6.45) is 1.66. The van der Waals surface area contributed by atoms with E-state index < -0.39 is 0 Å². The van der Waals surface area contributed by atoms with Gasteiger partial charge in [0, 0.05) is 24.5 Å². The molecule has 2 N–H and O–H groups in total. The fourth-order valence-corrected chi connectivity index (χ4v) is 1.66. The number of hydrogen-bond acceptors (Lipinski definition) is 3. The van der Waals surface area contributed by atoms with E-state index in [2.05, 4.69) is 4.98 Å². The standard InChI is InChI=1S/C14H15N3O/c1-10-9-11(6-7-12(10)15)14(18)17(2)13-5-3-4-8-16-13/h3-9H,15H2,1-2H3. The first-order valence-electron chi connectivity index (χ1n) is 5.65. The fourth-order valence-electron chi connectivity index (χ4n) is 1.66. The van der Waals surface area contributed by atoms with Crippen LogP contribution in [0, 0.1) is 6.92 Å². The van der Waals surface area contributed by atoms with Gasteiger partial charge in [-0.05, 0) is 42.8 Å².